The predicted molar refractivity (Wildman–Crippen MR) is 70.6 cm³/mol. The van der Waals surface area contributed by atoms with Crippen LogP contribution in [0.4, 0.5) is 0 Å². The first-order valence-electron chi connectivity index (χ1n) is 6.14. The van der Waals surface area contributed by atoms with E-state index in [0.29, 0.717) is 17.1 Å². The van der Waals surface area contributed by atoms with Crippen molar-refractivity contribution in [2.24, 2.45) is 0 Å². The zero-order valence-corrected chi connectivity index (χ0v) is 10.7. The highest BCUT2D eigenvalue weighted by Gasteiger charge is 2.11. The summed E-state index contributed by atoms with van der Waals surface area (Å²) < 4.78 is 0. The van der Waals surface area contributed by atoms with Crippen LogP contribution >= 0.6 is 0 Å². The summed E-state index contributed by atoms with van der Waals surface area (Å²) in [7, 11) is 0. The van der Waals surface area contributed by atoms with Crippen molar-refractivity contribution in [2.75, 3.05) is 0 Å². The van der Waals surface area contributed by atoms with Gasteiger partial charge >= 0.3 is 0 Å². The third-order valence-electron chi connectivity index (χ3n) is 2.74. The van der Waals surface area contributed by atoms with Crippen LogP contribution in [-0.2, 0) is 6.42 Å². The van der Waals surface area contributed by atoms with Crippen LogP contribution in [0.3, 0.4) is 0 Å². The highest BCUT2D eigenvalue weighted by molar-refractivity contribution is 6.07. The fourth-order valence-electron chi connectivity index (χ4n) is 1.89. The summed E-state index contributed by atoms with van der Waals surface area (Å²) in [5.74, 6) is 0.573. The van der Waals surface area contributed by atoms with Gasteiger partial charge in [-0.3, -0.25) is 4.79 Å². The summed E-state index contributed by atoms with van der Waals surface area (Å²) in [5, 5.41) is 0. The lowest BCUT2D eigenvalue weighted by Crippen LogP contribution is -2.06. The molecule has 0 atom stereocenters. The molecule has 92 valence electrons. The van der Waals surface area contributed by atoms with Crippen LogP contribution in [-0.4, -0.2) is 15.8 Å². The smallest absolute Gasteiger partial charge is 0.211 e. The maximum absolute atomic E-state index is 12.3. The lowest BCUT2D eigenvalue weighted by atomic mass is 10.0. The van der Waals surface area contributed by atoms with Crippen molar-refractivity contribution in [1.82, 2.24) is 9.97 Å². The maximum atomic E-state index is 12.3. The van der Waals surface area contributed by atoms with Crippen LogP contribution in [0.15, 0.2) is 36.5 Å². The second-order valence-corrected chi connectivity index (χ2v) is 4.27. The Labute approximate surface area is 107 Å². The van der Waals surface area contributed by atoms with E-state index in [9.17, 15) is 4.79 Å². The number of aromatic nitrogens is 2. The minimum Gasteiger partial charge on any atom is -0.287 e. The van der Waals surface area contributed by atoms with Crippen molar-refractivity contribution in [2.45, 2.75) is 26.7 Å². The highest BCUT2D eigenvalue weighted by atomic mass is 16.1. The van der Waals surface area contributed by atoms with E-state index >= 15 is 0 Å². The fourth-order valence-corrected chi connectivity index (χ4v) is 1.89. The molecule has 0 amide bonds. The molecular formula is C15H16N2O. The van der Waals surface area contributed by atoms with Crippen LogP contribution in [0.2, 0.25) is 0 Å². The summed E-state index contributed by atoms with van der Waals surface area (Å²) in [4.78, 5) is 20.4. The molecule has 0 aliphatic carbocycles. The number of aryl methyl sites for hydroxylation is 2. The van der Waals surface area contributed by atoms with E-state index < -0.39 is 0 Å². The molecule has 2 aromatic rings. The van der Waals surface area contributed by atoms with Gasteiger partial charge in [0.05, 0.1) is 0 Å². The van der Waals surface area contributed by atoms with Crippen molar-refractivity contribution in [1.29, 1.82) is 0 Å². The zero-order chi connectivity index (χ0) is 13.0. The number of nitrogens with zero attached hydrogens (tertiary/aromatic N) is 2. The van der Waals surface area contributed by atoms with Crippen LogP contribution in [0, 0.1) is 6.92 Å². The fraction of sp³-hybridized carbons (Fsp3) is 0.267. The van der Waals surface area contributed by atoms with Gasteiger partial charge in [0.1, 0.15) is 11.5 Å². The van der Waals surface area contributed by atoms with E-state index in [1.165, 1.54) is 5.56 Å². The Morgan fingerprint density at radius 3 is 2.83 bits per heavy atom. The van der Waals surface area contributed by atoms with Gasteiger partial charge in [0.25, 0.3) is 0 Å². The normalized spacial score (nSPS) is 10.3. The van der Waals surface area contributed by atoms with Gasteiger partial charge in [-0.15, -0.1) is 0 Å². The molecule has 2 rings (SSSR count). The van der Waals surface area contributed by atoms with Crippen molar-refractivity contribution >= 4 is 5.78 Å². The van der Waals surface area contributed by atoms with Gasteiger partial charge < -0.3 is 0 Å². The Bertz CT molecular complexity index is 564. The second kappa shape index (κ2) is 5.54. The molecule has 0 aliphatic heterocycles. The van der Waals surface area contributed by atoms with Gasteiger partial charge in [0.2, 0.25) is 5.78 Å². The molecule has 1 heterocycles. The molecule has 18 heavy (non-hydrogen) atoms. The van der Waals surface area contributed by atoms with E-state index in [2.05, 4.69) is 16.9 Å². The molecule has 0 N–H and O–H groups in total. The molecular weight excluding hydrogens is 224 g/mol. The Hall–Kier alpha value is -2.03. The highest BCUT2D eigenvalue weighted by Crippen LogP contribution is 2.11. The number of rotatable bonds is 4. The average Bonchev–Trinajstić information content (AvgIpc) is 2.39. The summed E-state index contributed by atoms with van der Waals surface area (Å²) in [6.07, 6.45) is 3.68. The largest absolute Gasteiger partial charge is 0.287 e. The molecule has 0 fully saturated rings. The third-order valence-corrected chi connectivity index (χ3v) is 2.74. The number of carbonyl (C=O) groups is 1. The lowest BCUT2D eigenvalue weighted by molar-refractivity contribution is 0.103. The van der Waals surface area contributed by atoms with E-state index in [1.807, 2.05) is 24.3 Å². The van der Waals surface area contributed by atoms with Gasteiger partial charge in [-0.25, -0.2) is 9.97 Å². The summed E-state index contributed by atoms with van der Waals surface area (Å²) in [6.45, 7) is 3.91. The summed E-state index contributed by atoms with van der Waals surface area (Å²) >= 11 is 0. The number of benzene rings is 1. The first-order valence-corrected chi connectivity index (χ1v) is 6.14. The van der Waals surface area contributed by atoms with E-state index in [-0.39, 0.29) is 5.78 Å². The average molecular weight is 240 g/mol. The van der Waals surface area contributed by atoms with Crippen LogP contribution < -0.4 is 0 Å². The molecule has 0 spiro atoms. The van der Waals surface area contributed by atoms with Crippen LogP contribution in [0.1, 0.15) is 40.8 Å². The first-order chi connectivity index (χ1) is 8.70. The molecule has 0 radical (unpaired) electrons. The number of ketones is 1. The van der Waals surface area contributed by atoms with Crippen molar-refractivity contribution < 1.29 is 4.79 Å². The monoisotopic (exact) mass is 240 g/mol. The molecule has 0 saturated heterocycles. The molecule has 3 heteroatoms. The van der Waals surface area contributed by atoms with E-state index in [0.717, 1.165) is 12.8 Å². The molecule has 0 bridgehead atoms. The topological polar surface area (TPSA) is 42.9 Å². The summed E-state index contributed by atoms with van der Waals surface area (Å²) in [5.41, 5.74) is 2.34. The molecule has 0 aliphatic rings. The van der Waals surface area contributed by atoms with Crippen molar-refractivity contribution in [3.8, 4) is 0 Å². The molecule has 1 aromatic carbocycles. The van der Waals surface area contributed by atoms with Crippen LogP contribution in [0.5, 0.6) is 0 Å². The van der Waals surface area contributed by atoms with E-state index in [4.69, 9.17) is 0 Å². The van der Waals surface area contributed by atoms with Crippen LogP contribution in [0.25, 0.3) is 0 Å². The first kappa shape index (κ1) is 12.4. The second-order valence-electron chi connectivity index (χ2n) is 4.27. The summed E-state index contributed by atoms with van der Waals surface area (Å²) in [6, 6.07) is 9.40. The maximum Gasteiger partial charge on any atom is 0.211 e. The predicted octanol–water partition coefficient (Wildman–Crippen LogP) is 2.97. The molecule has 0 unspecified atom stereocenters. The van der Waals surface area contributed by atoms with Gasteiger partial charge in [-0.05, 0) is 31.0 Å². The Balaban J connectivity index is 2.31. The van der Waals surface area contributed by atoms with Crippen molar-refractivity contribution in [3.63, 3.8) is 0 Å². The zero-order valence-electron chi connectivity index (χ0n) is 10.7. The molecule has 3 nitrogen and oxygen atoms in total. The Kier molecular flexibility index (Phi) is 3.82. The SMILES string of the molecule is CCCc1cccc(C(=O)c2ccnc(C)n2)c1. The van der Waals surface area contributed by atoms with Crippen molar-refractivity contribution in [3.05, 3.63) is 59.2 Å². The Morgan fingerprint density at radius 2 is 2.11 bits per heavy atom. The quantitative estimate of drug-likeness (QED) is 0.772. The standard InChI is InChI=1S/C15H16N2O/c1-3-5-12-6-4-7-13(10-12)15(18)14-8-9-16-11(2)17-14/h4,6-10H,3,5H2,1-2H3. The van der Waals surface area contributed by atoms with Gasteiger partial charge in [0, 0.05) is 11.8 Å². The molecule has 1 aromatic heterocycles. The lowest BCUT2D eigenvalue weighted by Gasteiger charge is -2.04. The van der Waals surface area contributed by atoms with Gasteiger partial charge in [-0.1, -0.05) is 31.5 Å². The van der Waals surface area contributed by atoms with E-state index in [1.54, 1.807) is 19.2 Å². The van der Waals surface area contributed by atoms with Gasteiger partial charge in [-0.2, -0.15) is 0 Å². The molecule has 0 saturated carbocycles. The Morgan fingerprint density at radius 1 is 1.28 bits per heavy atom. The minimum atomic E-state index is -0.0431. The number of hydrogen-bond acceptors (Lipinski definition) is 3. The number of hydrogen-bond donors (Lipinski definition) is 0. The third kappa shape index (κ3) is 2.80. The minimum absolute atomic E-state index is 0.0431. The van der Waals surface area contributed by atoms with Gasteiger partial charge in [0.15, 0.2) is 0 Å². The number of carbonyl (C=O) groups excluding carboxylic acids is 1.